The van der Waals surface area contributed by atoms with Crippen LogP contribution in [0.4, 0.5) is 5.69 Å². The lowest BCUT2D eigenvalue weighted by Gasteiger charge is -2.14. The van der Waals surface area contributed by atoms with Gasteiger partial charge in [-0.25, -0.2) is 4.99 Å². The fourth-order valence-electron chi connectivity index (χ4n) is 1.85. The molecule has 0 bridgehead atoms. The first-order valence-electron chi connectivity index (χ1n) is 6.02. The molecule has 0 N–H and O–H groups in total. The molecule has 1 aliphatic heterocycles. The zero-order valence-electron chi connectivity index (χ0n) is 10.5. The van der Waals surface area contributed by atoms with Crippen LogP contribution < -0.4 is 0 Å². The van der Waals surface area contributed by atoms with Gasteiger partial charge in [-0.15, -0.1) is 11.3 Å². The first kappa shape index (κ1) is 13.7. The molecule has 1 fully saturated rings. The number of rotatable bonds is 3. The van der Waals surface area contributed by atoms with Gasteiger partial charge < -0.3 is 0 Å². The summed E-state index contributed by atoms with van der Waals surface area (Å²) in [5.74, 6) is 0.550. The van der Waals surface area contributed by atoms with E-state index < -0.39 is 0 Å². The van der Waals surface area contributed by atoms with Gasteiger partial charge in [-0.1, -0.05) is 35.5 Å². The molecule has 1 aromatic carbocycles. The van der Waals surface area contributed by atoms with Crippen molar-refractivity contribution in [2.24, 2.45) is 4.99 Å². The molecule has 2 aromatic rings. The van der Waals surface area contributed by atoms with Crippen LogP contribution in [0.3, 0.4) is 0 Å². The molecule has 2 heterocycles. The first-order valence-corrected chi connectivity index (χ1v) is 8.26. The summed E-state index contributed by atoms with van der Waals surface area (Å²) in [4.78, 5) is 19.4. The fourth-order valence-corrected chi connectivity index (χ4v) is 3.63. The van der Waals surface area contributed by atoms with E-state index in [9.17, 15) is 4.79 Å². The van der Waals surface area contributed by atoms with E-state index in [0.717, 1.165) is 15.7 Å². The summed E-state index contributed by atoms with van der Waals surface area (Å²) in [6.07, 6.45) is 0. The third-order valence-corrected chi connectivity index (χ3v) is 4.84. The number of aliphatic imine (C=N–C) groups is 1. The molecule has 1 aliphatic rings. The van der Waals surface area contributed by atoms with Crippen molar-refractivity contribution in [1.29, 1.82) is 0 Å². The van der Waals surface area contributed by atoms with Gasteiger partial charge in [0.1, 0.15) is 0 Å². The van der Waals surface area contributed by atoms with Crippen molar-refractivity contribution >= 4 is 51.5 Å². The van der Waals surface area contributed by atoms with Crippen LogP contribution in [0.15, 0.2) is 46.8 Å². The summed E-state index contributed by atoms with van der Waals surface area (Å²) in [6.45, 7) is 0.586. The second-order valence-electron chi connectivity index (χ2n) is 4.22. The molecule has 1 aromatic heterocycles. The number of nitrogens with zero attached hydrogens (tertiary/aromatic N) is 2. The number of halogens is 1. The fraction of sp³-hybridized carbons (Fsp3) is 0.143. The van der Waals surface area contributed by atoms with Gasteiger partial charge in [-0.2, -0.15) is 0 Å². The highest BCUT2D eigenvalue weighted by Crippen LogP contribution is 2.27. The second-order valence-corrected chi connectivity index (χ2v) is 6.63. The molecule has 102 valence electrons. The smallest absolute Gasteiger partial charge is 0.239 e. The Balaban J connectivity index is 1.86. The summed E-state index contributed by atoms with van der Waals surface area (Å²) >= 11 is 9.07. The molecular formula is C14H11ClN2OS2. The maximum atomic E-state index is 12.0. The minimum Gasteiger partial charge on any atom is -0.285 e. The average molecular weight is 323 g/mol. The first-order chi connectivity index (χ1) is 9.72. The molecule has 0 radical (unpaired) electrons. The van der Waals surface area contributed by atoms with Gasteiger partial charge in [0.2, 0.25) is 5.91 Å². The highest BCUT2D eigenvalue weighted by atomic mass is 35.5. The lowest BCUT2D eigenvalue weighted by Crippen LogP contribution is -2.28. The van der Waals surface area contributed by atoms with Gasteiger partial charge in [0, 0.05) is 9.90 Å². The summed E-state index contributed by atoms with van der Waals surface area (Å²) in [5.41, 5.74) is 0.769. The van der Waals surface area contributed by atoms with E-state index in [0.29, 0.717) is 17.3 Å². The summed E-state index contributed by atoms with van der Waals surface area (Å²) in [6, 6.07) is 11.3. The second kappa shape index (κ2) is 5.99. The molecule has 3 nitrogen and oxygen atoms in total. The minimum atomic E-state index is 0.101. The van der Waals surface area contributed by atoms with Crippen LogP contribution in [0.25, 0.3) is 0 Å². The number of benzene rings is 1. The molecule has 0 unspecified atom stereocenters. The average Bonchev–Trinajstić information content (AvgIpc) is 3.04. The van der Waals surface area contributed by atoms with Crippen molar-refractivity contribution in [2.45, 2.75) is 6.54 Å². The zero-order chi connectivity index (χ0) is 13.9. The molecule has 6 heteroatoms. The SMILES string of the molecule is O=C1CS/C(=N\c2cccc(Cl)c2)N1Cc1cccs1. The molecule has 1 saturated heterocycles. The van der Waals surface area contributed by atoms with Crippen LogP contribution in [-0.4, -0.2) is 21.7 Å². The molecule has 3 rings (SSSR count). The number of amidine groups is 1. The van der Waals surface area contributed by atoms with Crippen molar-refractivity contribution in [2.75, 3.05) is 5.75 Å². The van der Waals surface area contributed by atoms with E-state index >= 15 is 0 Å². The van der Waals surface area contributed by atoms with Gasteiger partial charge in [0.25, 0.3) is 0 Å². The number of hydrogen-bond donors (Lipinski definition) is 0. The Hall–Kier alpha value is -1.30. The van der Waals surface area contributed by atoms with Crippen LogP contribution in [0, 0.1) is 0 Å². The van der Waals surface area contributed by atoms with Gasteiger partial charge in [0.05, 0.1) is 18.0 Å². The van der Waals surface area contributed by atoms with E-state index in [2.05, 4.69) is 4.99 Å². The van der Waals surface area contributed by atoms with Gasteiger partial charge in [-0.05, 0) is 29.6 Å². The van der Waals surface area contributed by atoms with E-state index in [1.165, 1.54) is 11.8 Å². The predicted molar refractivity (Wildman–Crippen MR) is 85.9 cm³/mol. The topological polar surface area (TPSA) is 32.7 Å². The third kappa shape index (κ3) is 3.06. The summed E-state index contributed by atoms with van der Waals surface area (Å²) in [5, 5.41) is 3.40. The van der Waals surface area contributed by atoms with Gasteiger partial charge in [-0.3, -0.25) is 9.69 Å². The molecular weight excluding hydrogens is 312 g/mol. The molecule has 1 amide bonds. The number of thioether (sulfide) groups is 1. The summed E-state index contributed by atoms with van der Waals surface area (Å²) in [7, 11) is 0. The monoisotopic (exact) mass is 322 g/mol. The van der Waals surface area contributed by atoms with Crippen LogP contribution in [0.5, 0.6) is 0 Å². The van der Waals surface area contributed by atoms with Crippen LogP contribution in [0.2, 0.25) is 5.02 Å². The minimum absolute atomic E-state index is 0.101. The number of carbonyl (C=O) groups is 1. The van der Waals surface area contributed by atoms with E-state index in [-0.39, 0.29) is 5.91 Å². The Morgan fingerprint density at radius 2 is 2.20 bits per heavy atom. The van der Waals surface area contributed by atoms with Crippen LogP contribution in [-0.2, 0) is 11.3 Å². The van der Waals surface area contributed by atoms with E-state index in [4.69, 9.17) is 11.6 Å². The van der Waals surface area contributed by atoms with Crippen molar-refractivity contribution in [3.63, 3.8) is 0 Å². The normalized spacial score (nSPS) is 17.1. The highest BCUT2D eigenvalue weighted by molar-refractivity contribution is 8.15. The van der Waals surface area contributed by atoms with Crippen molar-refractivity contribution in [1.82, 2.24) is 4.90 Å². The quantitative estimate of drug-likeness (QED) is 0.849. The number of thiophene rings is 1. The molecule has 0 saturated carbocycles. The zero-order valence-corrected chi connectivity index (χ0v) is 12.8. The van der Waals surface area contributed by atoms with Crippen LogP contribution in [0.1, 0.15) is 4.88 Å². The highest BCUT2D eigenvalue weighted by Gasteiger charge is 2.28. The standard InChI is InChI=1S/C14H11ClN2OS2/c15-10-3-1-4-11(7-10)16-14-17(13(18)9-20-14)8-12-5-2-6-19-12/h1-7H,8-9H2/b16-14-. The van der Waals surface area contributed by atoms with E-state index in [1.807, 2.05) is 35.7 Å². The van der Waals surface area contributed by atoms with Crippen molar-refractivity contribution < 1.29 is 4.79 Å². The molecule has 0 spiro atoms. The largest absolute Gasteiger partial charge is 0.285 e. The number of carbonyl (C=O) groups excluding carboxylic acids is 1. The van der Waals surface area contributed by atoms with Gasteiger partial charge in [0.15, 0.2) is 5.17 Å². The maximum absolute atomic E-state index is 12.0. The van der Waals surface area contributed by atoms with Crippen LogP contribution >= 0.6 is 34.7 Å². The molecule has 20 heavy (non-hydrogen) atoms. The Kier molecular flexibility index (Phi) is 4.10. The Labute approximate surface area is 130 Å². The van der Waals surface area contributed by atoms with E-state index in [1.54, 1.807) is 22.3 Å². The lowest BCUT2D eigenvalue weighted by atomic mass is 10.3. The molecule has 0 aliphatic carbocycles. The maximum Gasteiger partial charge on any atom is 0.239 e. The lowest BCUT2D eigenvalue weighted by molar-refractivity contribution is -0.124. The number of hydrogen-bond acceptors (Lipinski definition) is 4. The Morgan fingerprint density at radius 3 is 2.95 bits per heavy atom. The Morgan fingerprint density at radius 1 is 1.30 bits per heavy atom. The predicted octanol–water partition coefficient (Wildman–Crippen LogP) is 4.16. The number of amides is 1. The van der Waals surface area contributed by atoms with Gasteiger partial charge >= 0.3 is 0 Å². The Bertz CT molecular complexity index is 655. The third-order valence-electron chi connectivity index (χ3n) is 2.78. The van der Waals surface area contributed by atoms with Crippen molar-refractivity contribution in [3.8, 4) is 0 Å². The van der Waals surface area contributed by atoms with Crippen molar-refractivity contribution in [3.05, 3.63) is 51.7 Å². The summed E-state index contributed by atoms with van der Waals surface area (Å²) < 4.78 is 0. The molecule has 0 atom stereocenters.